The van der Waals surface area contributed by atoms with E-state index in [9.17, 15) is 18.0 Å². The molecule has 0 aliphatic carbocycles. The molecule has 0 aliphatic rings. The van der Waals surface area contributed by atoms with Crippen molar-refractivity contribution in [2.75, 3.05) is 13.1 Å². The normalized spacial score (nSPS) is 13.4. The molecule has 0 aromatic carbocycles. The van der Waals surface area contributed by atoms with E-state index < -0.39 is 18.6 Å². The molecule has 8 heteroatoms. The number of alkyl halides is 3. The Morgan fingerprint density at radius 3 is 2.72 bits per heavy atom. The Morgan fingerprint density at radius 1 is 1.56 bits per heavy atom. The standard InChI is InChI=1S/C10H14F3N3OS/c1-6-3-15-9(18-6)7(2)14-4-8(17)16-5-10(11,12)13/h3,7,14H,4-5H2,1-2H3,(H,16,17). The second kappa shape index (κ2) is 6.14. The number of hydrogen-bond acceptors (Lipinski definition) is 4. The molecule has 0 saturated heterocycles. The molecule has 1 heterocycles. The Hall–Kier alpha value is -1.15. The van der Waals surface area contributed by atoms with Gasteiger partial charge in [-0.3, -0.25) is 10.1 Å². The largest absolute Gasteiger partial charge is 0.405 e. The highest BCUT2D eigenvalue weighted by molar-refractivity contribution is 7.11. The number of nitrogens with one attached hydrogen (secondary N) is 2. The van der Waals surface area contributed by atoms with Crippen molar-refractivity contribution < 1.29 is 18.0 Å². The number of amides is 1. The number of rotatable bonds is 5. The van der Waals surface area contributed by atoms with Crippen molar-refractivity contribution in [2.45, 2.75) is 26.1 Å². The van der Waals surface area contributed by atoms with Crippen LogP contribution in [0, 0.1) is 6.92 Å². The zero-order chi connectivity index (χ0) is 13.8. The Balaban J connectivity index is 2.30. The predicted molar refractivity (Wildman–Crippen MR) is 62.3 cm³/mol. The monoisotopic (exact) mass is 281 g/mol. The Kier molecular flexibility index (Phi) is 5.09. The van der Waals surface area contributed by atoms with E-state index in [2.05, 4.69) is 10.3 Å². The average molecular weight is 281 g/mol. The van der Waals surface area contributed by atoms with Gasteiger partial charge in [-0.1, -0.05) is 0 Å². The number of nitrogens with zero attached hydrogens (tertiary/aromatic N) is 1. The minimum Gasteiger partial charge on any atom is -0.346 e. The minimum atomic E-state index is -4.38. The molecule has 0 saturated carbocycles. The summed E-state index contributed by atoms with van der Waals surface area (Å²) in [7, 11) is 0. The van der Waals surface area contributed by atoms with Gasteiger partial charge in [-0.25, -0.2) is 4.98 Å². The highest BCUT2D eigenvalue weighted by atomic mass is 32.1. The van der Waals surface area contributed by atoms with Gasteiger partial charge in [0.15, 0.2) is 0 Å². The molecule has 0 aliphatic heterocycles. The molecule has 0 radical (unpaired) electrons. The van der Waals surface area contributed by atoms with Crippen LogP contribution in [-0.4, -0.2) is 30.2 Å². The second-order valence-corrected chi connectivity index (χ2v) is 5.07. The number of hydrogen-bond donors (Lipinski definition) is 2. The molecule has 1 unspecified atom stereocenters. The molecule has 4 nitrogen and oxygen atoms in total. The lowest BCUT2D eigenvalue weighted by Crippen LogP contribution is -2.39. The fraction of sp³-hybridized carbons (Fsp3) is 0.600. The lowest BCUT2D eigenvalue weighted by molar-refractivity contribution is -0.137. The molecule has 1 aromatic rings. The molecule has 1 amide bonds. The van der Waals surface area contributed by atoms with Gasteiger partial charge in [-0.05, 0) is 13.8 Å². The zero-order valence-corrected chi connectivity index (χ0v) is 10.8. The Morgan fingerprint density at radius 2 is 2.22 bits per heavy atom. The third-order valence-corrected chi connectivity index (χ3v) is 3.16. The molecule has 102 valence electrons. The SMILES string of the molecule is Cc1cnc(C(C)NCC(=O)NCC(F)(F)F)s1. The van der Waals surface area contributed by atoms with Crippen LogP contribution in [0.25, 0.3) is 0 Å². The van der Waals surface area contributed by atoms with Crippen molar-refractivity contribution in [1.82, 2.24) is 15.6 Å². The van der Waals surface area contributed by atoms with Crippen LogP contribution < -0.4 is 10.6 Å². The molecule has 18 heavy (non-hydrogen) atoms. The van der Waals surface area contributed by atoms with Gasteiger partial charge in [0.2, 0.25) is 5.91 Å². The van der Waals surface area contributed by atoms with Crippen LogP contribution in [0.2, 0.25) is 0 Å². The number of halogens is 3. The number of carbonyl (C=O) groups excluding carboxylic acids is 1. The molecule has 0 bridgehead atoms. The van der Waals surface area contributed by atoms with Crippen LogP contribution in [0.1, 0.15) is 22.9 Å². The van der Waals surface area contributed by atoms with E-state index in [1.165, 1.54) is 11.3 Å². The Bertz CT molecular complexity index is 405. The van der Waals surface area contributed by atoms with Gasteiger partial charge in [0, 0.05) is 11.1 Å². The van der Waals surface area contributed by atoms with Crippen LogP contribution in [0.4, 0.5) is 13.2 Å². The van der Waals surface area contributed by atoms with E-state index in [1.807, 2.05) is 6.92 Å². The summed E-state index contributed by atoms with van der Waals surface area (Å²) < 4.78 is 35.5. The van der Waals surface area contributed by atoms with Crippen molar-refractivity contribution >= 4 is 17.2 Å². The van der Waals surface area contributed by atoms with Gasteiger partial charge >= 0.3 is 6.18 Å². The summed E-state index contributed by atoms with van der Waals surface area (Å²) >= 11 is 1.48. The third kappa shape index (κ3) is 5.46. The van der Waals surface area contributed by atoms with E-state index in [-0.39, 0.29) is 12.6 Å². The summed E-state index contributed by atoms with van der Waals surface area (Å²) in [5.41, 5.74) is 0. The molecular weight excluding hydrogens is 267 g/mol. The van der Waals surface area contributed by atoms with Gasteiger partial charge in [0.05, 0.1) is 12.6 Å². The van der Waals surface area contributed by atoms with Crippen molar-refractivity contribution in [3.63, 3.8) is 0 Å². The number of carbonyl (C=O) groups is 1. The van der Waals surface area contributed by atoms with E-state index in [4.69, 9.17) is 0 Å². The molecule has 1 atom stereocenters. The minimum absolute atomic E-state index is 0.166. The smallest absolute Gasteiger partial charge is 0.346 e. The Labute approximate surface area is 107 Å². The lowest BCUT2D eigenvalue weighted by atomic mass is 10.3. The third-order valence-electron chi connectivity index (χ3n) is 2.06. The summed E-state index contributed by atoms with van der Waals surface area (Å²) in [4.78, 5) is 16.3. The molecule has 1 rings (SSSR count). The number of aryl methyl sites for hydroxylation is 1. The topological polar surface area (TPSA) is 54.0 Å². The summed E-state index contributed by atoms with van der Waals surface area (Å²) in [6.07, 6.45) is -2.67. The van der Waals surface area contributed by atoms with E-state index in [0.29, 0.717) is 0 Å². The van der Waals surface area contributed by atoms with Gasteiger partial charge in [0.1, 0.15) is 11.6 Å². The number of thiazole rings is 1. The summed E-state index contributed by atoms with van der Waals surface area (Å²) in [6, 6.07) is -0.166. The quantitative estimate of drug-likeness (QED) is 0.865. The van der Waals surface area contributed by atoms with Crippen LogP contribution in [0.5, 0.6) is 0 Å². The predicted octanol–water partition coefficient (Wildman–Crippen LogP) is 1.78. The van der Waals surface area contributed by atoms with E-state index in [0.717, 1.165) is 9.88 Å². The maximum atomic E-state index is 11.8. The lowest BCUT2D eigenvalue weighted by Gasteiger charge is -2.12. The first-order valence-electron chi connectivity index (χ1n) is 5.27. The van der Waals surface area contributed by atoms with Crippen molar-refractivity contribution in [2.24, 2.45) is 0 Å². The first-order valence-corrected chi connectivity index (χ1v) is 6.09. The maximum Gasteiger partial charge on any atom is 0.405 e. The van der Waals surface area contributed by atoms with Crippen molar-refractivity contribution in [1.29, 1.82) is 0 Å². The van der Waals surface area contributed by atoms with Crippen molar-refractivity contribution in [3.05, 3.63) is 16.1 Å². The molecule has 0 fully saturated rings. The van der Waals surface area contributed by atoms with Crippen molar-refractivity contribution in [3.8, 4) is 0 Å². The summed E-state index contributed by atoms with van der Waals surface area (Å²) in [5, 5.41) is 5.41. The van der Waals surface area contributed by atoms with Gasteiger partial charge in [0.25, 0.3) is 0 Å². The van der Waals surface area contributed by atoms with Crippen LogP contribution in [0.15, 0.2) is 6.20 Å². The second-order valence-electron chi connectivity index (χ2n) is 3.80. The molecule has 0 spiro atoms. The summed E-state index contributed by atoms with van der Waals surface area (Å²) in [5.74, 6) is -0.688. The average Bonchev–Trinajstić information content (AvgIpc) is 2.69. The summed E-state index contributed by atoms with van der Waals surface area (Å²) in [6.45, 7) is 2.23. The molecule has 2 N–H and O–H groups in total. The first-order chi connectivity index (χ1) is 8.28. The maximum absolute atomic E-state index is 11.8. The first kappa shape index (κ1) is 14.9. The molecule has 1 aromatic heterocycles. The van der Waals surface area contributed by atoms with Gasteiger partial charge < -0.3 is 5.32 Å². The number of aromatic nitrogens is 1. The molecular formula is C10H14F3N3OS. The van der Waals surface area contributed by atoms with E-state index >= 15 is 0 Å². The fourth-order valence-electron chi connectivity index (χ4n) is 1.17. The fourth-order valence-corrected chi connectivity index (χ4v) is 1.97. The zero-order valence-electron chi connectivity index (χ0n) is 9.97. The van der Waals surface area contributed by atoms with Gasteiger partial charge in [-0.15, -0.1) is 11.3 Å². The van der Waals surface area contributed by atoms with Crippen LogP contribution in [-0.2, 0) is 4.79 Å². The highest BCUT2D eigenvalue weighted by Gasteiger charge is 2.27. The van der Waals surface area contributed by atoms with E-state index in [1.54, 1.807) is 18.4 Å². The van der Waals surface area contributed by atoms with Crippen LogP contribution in [0.3, 0.4) is 0 Å². The van der Waals surface area contributed by atoms with Gasteiger partial charge in [-0.2, -0.15) is 13.2 Å². The van der Waals surface area contributed by atoms with Crippen LogP contribution >= 0.6 is 11.3 Å². The highest BCUT2D eigenvalue weighted by Crippen LogP contribution is 2.18.